The third-order valence-electron chi connectivity index (χ3n) is 2.62. The van der Waals surface area contributed by atoms with Crippen LogP contribution in [-0.4, -0.2) is 4.57 Å². The maximum atomic E-state index is 4.35. The number of thiol groups is 1. The molecule has 0 unspecified atom stereocenters. The summed E-state index contributed by atoms with van der Waals surface area (Å²) in [5, 5.41) is 1.33. The lowest BCUT2D eigenvalue weighted by atomic mass is 10.2. The average molecular weight is 205 g/mol. The summed E-state index contributed by atoms with van der Waals surface area (Å²) in [4.78, 5) is 0. The molecule has 1 aromatic heterocycles. The summed E-state index contributed by atoms with van der Waals surface area (Å²) in [6.07, 6.45) is 0. The molecular weight excluding hydrogens is 190 g/mol. The van der Waals surface area contributed by atoms with Crippen molar-refractivity contribution in [3.63, 3.8) is 0 Å². The Bertz CT molecular complexity index is 457. The summed E-state index contributed by atoms with van der Waals surface area (Å²) >= 11 is 4.35. The first-order chi connectivity index (χ1) is 6.76. The quantitative estimate of drug-likeness (QED) is 0.717. The summed E-state index contributed by atoms with van der Waals surface area (Å²) in [5.74, 6) is 0.807. The number of hydrogen-bond donors (Lipinski definition) is 1. The van der Waals surface area contributed by atoms with Gasteiger partial charge in [-0.3, -0.25) is 0 Å². The molecular formula is C12H15NS. The van der Waals surface area contributed by atoms with E-state index in [4.69, 9.17) is 0 Å². The Morgan fingerprint density at radius 1 is 1.29 bits per heavy atom. The van der Waals surface area contributed by atoms with Crippen molar-refractivity contribution in [2.45, 2.75) is 26.1 Å². The van der Waals surface area contributed by atoms with Gasteiger partial charge in [-0.2, -0.15) is 12.6 Å². The lowest BCUT2D eigenvalue weighted by Crippen LogP contribution is -1.97. The van der Waals surface area contributed by atoms with Gasteiger partial charge in [-0.05, 0) is 32.0 Å². The number of fused-ring (bicyclic) bond motifs is 1. The zero-order valence-corrected chi connectivity index (χ0v) is 9.51. The summed E-state index contributed by atoms with van der Waals surface area (Å²) in [7, 11) is 0. The Morgan fingerprint density at radius 2 is 2.07 bits per heavy atom. The molecule has 2 heteroatoms. The molecule has 0 aliphatic heterocycles. The van der Waals surface area contributed by atoms with E-state index in [9.17, 15) is 0 Å². The molecule has 0 saturated heterocycles. The highest BCUT2D eigenvalue weighted by Gasteiger charge is 2.05. The Balaban J connectivity index is 2.73. The van der Waals surface area contributed by atoms with Crippen LogP contribution < -0.4 is 0 Å². The highest BCUT2D eigenvalue weighted by atomic mass is 32.1. The minimum atomic E-state index is 0.807. The number of aryl methyl sites for hydroxylation is 2. The molecule has 0 bridgehead atoms. The monoisotopic (exact) mass is 205 g/mol. The third-order valence-corrected chi connectivity index (χ3v) is 2.94. The zero-order valence-electron chi connectivity index (χ0n) is 8.62. The van der Waals surface area contributed by atoms with Gasteiger partial charge in [0.2, 0.25) is 0 Å². The van der Waals surface area contributed by atoms with Crippen LogP contribution in [0.3, 0.4) is 0 Å². The molecule has 0 fully saturated rings. The number of benzene rings is 1. The van der Waals surface area contributed by atoms with E-state index >= 15 is 0 Å². The largest absolute Gasteiger partial charge is 0.344 e. The minimum Gasteiger partial charge on any atom is -0.344 e. The minimum absolute atomic E-state index is 0.807. The number of hydrogen-bond acceptors (Lipinski definition) is 1. The maximum absolute atomic E-state index is 4.35. The van der Waals surface area contributed by atoms with Gasteiger partial charge < -0.3 is 4.57 Å². The Hall–Kier alpha value is -0.890. The van der Waals surface area contributed by atoms with Gasteiger partial charge in [0.1, 0.15) is 0 Å². The molecule has 0 N–H and O–H groups in total. The molecule has 0 atom stereocenters. The fourth-order valence-corrected chi connectivity index (χ4v) is 2.21. The summed E-state index contributed by atoms with van der Waals surface area (Å²) in [5.41, 5.74) is 3.94. The van der Waals surface area contributed by atoms with E-state index in [1.165, 1.54) is 22.2 Å². The molecule has 74 valence electrons. The van der Waals surface area contributed by atoms with Gasteiger partial charge >= 0.3 is 0 Å². The van der Waals surface area contributed by atoms with Crippen molar-refractivity contribution in [1.29, 1.82) is 0 Å². The van der Waals surface area contributed by atoms with Crippen molar-refractivity contribution in [3.8, 4) is 0 Å². The molecule has 0 aliphatic carbocycles. The van der Waals surface area contributed by atoms with Crippen LogP contribution in [0.5, 0.6) is 0 Å². The predicted molar refractivity (Wildman–Crippen MR) is 65.0 cm³/mol. The van der Waals surface area contributed by atoms with Gasteiger partial charge in [0.05, 0.1) is 0 Å². The fraction of sp³-hybridized carbons (Fsp3) is 0.333. The fourth-order valence-electron chi connectivity index (χ4n) is 1.95. The normalized spacial score (nSPS) is 11.1. The van der Waals surface area contributed by atoms with Crippen molar-refractivity contribution in [2.24, 2.45) is 0 Å². The molecule has 0 saturated carbocycles. The number of aromatic nitrogens is 1. The smallest absolute Gasteiger partial charge is 0.0482 e. The molecule has 0 amide bonds. The SMILES string of the molecule is CCn1c(CS)cc2cc(C)ccc21. The Labute approximate surface area is 90.1 Å². The molecule has 0 radical (unpaired) electrons. The highest BCUT2D eigenvalue weighted by Crippen LogP contribution is 2.22. The average Bonchev–Trinajstić information content (AvgIpc) is 2.54. The predicted octanol–water partition coefficient (Wildman–Crippen LogP) is 3.40. The van der Waals surface area contributed by atoms with E-state index in [1.54, 1.807) is 0 Å². The Morgan fingerprint density at radius 3 is 2.71 bits per heavy atom. The van der Waals surface area contributed by atoms with E-state index in [0.29, 0.717) is 0 Å². The third kappa shape index (κ3) is 1.44. The van der Waals surface area contributed by atoms with Crippen molar-refractivity contribution in [3.05, 3.63) is 35.5 Å². The van der Waals surface area contributed by atoms with E-state index in [2.05, 4.69) is 55.3 Å². The van der Waals surface area contributed by atoms with Gasteiger partial charge in [-0.15, -0.1) is 0 Å². The second kappa shape index (κ2) is 3.70. The molecule has 0 aliphatic rings. The number of nitrogens with zero attached hydrogens (tertiary/aromatic N) is 1. The summed E-state index contributed by atoms with van der Waals surface area (Å²) < 4.78 is 2.32. The van der Waals surface area contributed by atoms with Gasteiger partial charge in [-0.25, -0.2) is 0 Å². The van der Waals surface area contributed by atoms with Crippen LogP contribution in [0.15, 0.2) is 24.3 Å². The lowest BCUT2D eigenvalue weighted by molar-refractivity contribution is 0.766. The Kier molecular flexibility index (Phi) is 2.55. The van der Waals surface area contributed by atoms with Crippen LogP contribution in [0.25, 0.3) is 10.9 Å². The number of rotatable bonds is 2. The first kappa shape index (κ1) is 9.66. The van der Waals surface area contributed by atoms with Gasteiger partial charge in [0, 0.05) is 28.9 Å². The van der Waals surface area contributed by atoms with E-state index in [1.807, 2.05) is 0 Å². The molecule has 1 nitrogen and oxygen atoms in total. The van der Waals surface area contributed by atoms with Crippen LogP contribution in [0.1, 0.15) is 18.2 Å². The second-order valence-corrected chi connectivity index (χ2v) is 3.92. The molecule has 0 spiro atoms. The topological polar surface area (TPSA) is 4.93 Å². The molecule has 14 heavy (non-hydrogen) atoms. The second-order valence-electron chi connectivity index (χ2n) is 3.60. The van der Waals surface area contributed by atoms with Crippen LogP contribution in [0, 0.1) is 6.92 Å². The first-order valence-corrected chi connectivity index (χ1v) is 5.59. The summed E-state index contributed by atoms with van der Waals surface area (Å²) in [6, 6.07) is 8.82. The van der Waals surface area contributed by atoms with Crippen molar-refractivity contribution in [1.82, 2.24) is 4.57 Å². The van der Waals surface area contributed by atoms with Gasteiger partial charge in [-0.1, -0.05) is 11.6 Å². The van der Waals surface area contributed by atoms with Gasteiger partial charge in [0.15, 0.2) is 0 Å². The van der Waals surface area contributed by atoms with Crippen LogP contribution in [-0.2, 0) is 12.3 Å². The van der Waals surface area contributed by atoms with Crippen LogP contribution in [0.2, 0.25) is 0 Å². The first-order valence-electron chi connectivity index (χ1n) is 4.96. The van der Waals surface area contributed by atoms with E-state index < -0.39 is 0 Å². The van der Waals surface area contributed by atoms with Crippen molar-refractivity contribution >= 4 is 23.5 Å². The van der Waals surface area contributed by atoms with E-state index in [0.717, 1.165) is 12.3 Å². The molecule has 2 rings (SSSR count). The lowest BCUT2D eigenvalue weighted by Gasteiger charge is -2.05. The zero-order chi connectivity index (χ0) is 10.1. The molecule has 1 aromatic carbocycles. The van der Waals surface area contributed by atoms with Crippen molar-refractivity contribution in [2.75, 3.05) is 0 Å². The molecule has 2 aromatic rings. The van der Waals surface area contributed by atoms with Crippen molar-refractivity contribution < 1.29 is 0 Å². The van der Waals surface area contributed by atoms with E-state index in [-0.39, 0.29) is 0 Å². The molecule has 1 heterocycles. The van der Waals surface area contributed by atoms with Crippen LogP contribution in [0.4, 0.5) is 0 Å². The summed E-state index contributed by atoms with van der Waals surface area (Å²) in [6.45, 7) is 5.32. The van der Waals surface area contributed by atoms with Gasteiger partial charge in [0.25, 0.3) is 0 Å². The highest BCUT2D eigenvalue weighted by molar-refractivity contribution is 7.79. The standard InChI is InChI=1S/C12H15NS/c1-3-13-11(8-14)7-10-6-9(2)4-5-12(10)13/h4-7,14H,3,8H2,1-2H3. The maximum Gasteiger partial charge on any atom is 0.0482 e. The van der Waals surface area contributed by atoms with Crippen LogP contribution >= 0.6 is 12.6 Å².